The molecule has 0 aliphatic carbocycles. The zero-order chi connectivity index (χ0) is 16.4. The van der Waals surface area contributed by atoms with Crippen LogP contribution in [0, 0.1) is 12.8 Å². The summed E-state index contributed by atoms with van der Waals surface area (Å²) in [6.45, 7) is 2.25. The van der Waals surface area contributed by atoms with Crippen LogP contribution in [0.15, 0.2) is 36.4 Å². The van der Waals surface area contributed by atoms with E-state index in [1.165, 1.54) is 4.90 Å². The summed E-state index contributed by atoms with van der Waals surface area (Å²) < 4.78 is 4.07. The van der Waals surface area contributed by atoms with Gasteiger partial charge in [-0.1, -0.05) is 30.3 Å². The number of nitrogens with zero attached hydrogens (tertiary/aromatic N) is 2. The molecule has 6 nitrogen and oxygen atoms in total. The average molecular weight is 329 g/mol. The Balaban J connectivity index is 1.68. The number of amides is 2. The molecule has 0 spiro atoms. The van der Waals surface area contributed by atoms with Gasteiger partial charge in [0.2, 0.25) is 11.7 Å². The summed E-state index contributed by atoms with van der Waals surface area (Å²) in [5.41, 5.74) is 1.72. The lowest BCUT2D eigenvalue weighted by atomic mass is 10.1. The van der Waals surface area contributed by atoms with E-state index in [9.17, 15) is 14.4 Å². The van der Waals surface area contributed by atoms with Crippen molar-refractivity contribution in [1.29, 1.82) is 0 Å². The molecule has 118 valence electrons. The second kappa shape index (κ2) is 6.29. The van der Waals surface area contributed by atoms with Gasteiger partial charge in [-0.3, -0.25) is 14.4 Å². The average Bonchev–Trinajstić information content (AvgIpc) is 3.06. The van der Waals surface area contributed by atoms with E-state index >= 15 is 0 Å². The van der Waals surface area contributed by atoms with Gasteiger partial charge in [-0.2, -0.15) is 4.37 Å². The fraction of sp³-hybridized carbons (Fsp3) is 0.250. The first-order valence-corrected chi connectivity index (χ1v) is 7.93. The van der Waals surface area contributed by atoms with Crippen LogP contribution in [0.3, 0.4) is 0 Å². The Kier molecular flexibility index (Phi) is 4.20. The van der Waals surface area contributed by atoms with Gasteiger partial charge in [0.15, 0.2) is 0 Å². The van der Waals surface area contributed by atoms with E-state index in [0.29, 0.717) is 11.5 Å². The Labute approximate surface area is 137 Å². The van der Waals surface area contributed by atoms with Crippen LogP contribution < -0.4 is 5.32 Å². The standard InChI is InChI=1S/C16H15N3O3S/c1-10-7-13(23-18-10)17-15(21)12-9-19(16(22)14(12)20)8-11-5-3-2-4-6-11/h2-7,12H,8-9H2,1H3,(H,17,21). The highest BCUT2D eigenvalue weighted by molar-refractivity contribution is 7.10. The van der Waals surface area contributed by atoms with Crippen LogP contribution in [0.1, 0.15) is 11.3 Å². The fourth-order valence-corrected chi connectivity index (χ4v) is 3.13. The van der Waals surface area contributed by atoms with Crippen LogP contribution in [0.25, 0.3) is 0 Å². The monoisotopic (exact) mass is 329 g/mol. The second-order valence-corrected chi connectivity index (χ2v) is 6.21. The van der Waals surface area contributed by atoms with Crippen molar-refractivity contribution < 1.29 is 14.4 Å². The molecule has 23 heavy (non-hydrogen) atoms. The molecule has 1 saturated heterocycles. The number of carbonyl (C=O) groups excluding carboxylic acids is 3. The molecule has 1 N–H and O–H groups in total. The normalized spacial score (nSPS) is 17.6. The summed E-state index contributed by atoms with van der Waals surface area (Å²) in [7, 11) is 0. The van der Waals surface area contributed by atoms with Gasteiger partial charge in [0.05, 0.1) is 5.69 Å². The molecule has 1 aromatic carbocycles. The zero-order valence-corrected chi connectivity index (χ0v) is 13.3. The summed E-state index contributed by atoms with van der Waals surface area (Å²) >= 11 is 1.15. The minimum absolute atomic E-state index is 0.107. The van der Waals surface area contributed by atoms with Gasteiger partial charge >= 0.3 is 0 Å². The highest BCUT2D eigenvalue weighted by atomic mass is 32.1. The van der Waals surface area contributed by atoms with Gasteiger partial charge in [0.25, 0.3) is 5.91 Å². The molecule has 0 saturated carbocycles. The van der Waals surface area contributed by atoms with Crippen molar-refractivity contribution in [2.75, 3.05) is 11.9 Å². The molecule has 1 fully saturated rings. The molecule has 2 amide bonds. The number of nitrogens with one attached hydrogen (secondary N) is 1. The minimum atomic E-state index is -0.964. The highest BCUT2D eigenvalue weighted by Gasteiger charge is 2.43. The molecular formula is C16H15N3O3S. The molecule has 1 atom stereocenters. The highest BCUT2D eigenvalue weighted by Crippen LogP contribution is 2.21. The Hall–Kier alpha value is -2.54. The van der Waals surface area contributed by atoms with Crippen LogP contribution in [0.5, 0.6) is 0 Å². The first kappa shape index (κ1) is 15.4. The van der Waals surface area contributed by atoms with E-state index in [1.54, 1.807) is 6.07 Å². The third-order valence-electron chi connectivity index (χ3n) is 3.62. The van der Waals surface area contributed by atoms with Crippen LogP contribution in [0.2, 0.25) is 0 Å². The molecule has 0 radical (unpaired) electrons. The lowest BCUT2D eigenvalue weighted by Gasteiger charge is -2.15. The second-order valence-electron chi connectivity index (χ2n) is 5.41. The summed E-state index contributed by atoms with van der Waals surface area (Å²) in [6, 6.07) is 11.1. The maximum atomic E-state index is 12.2. The summed E-state index contributed by atoms with van der Waals surface area (Å²) in [5, 5.41) is 3.24. The minimum Gasteiger partial charge on any atom is -0.330 e. The predicted octanol–water partition coefficient (Wildman–Crippen LogP) is 1.62. The number of hydrogen-bond donors (Lipinski definition) is 1. The van der Waals surface area contributed by atoms with Crippen LogP contribution >= 0.6 is 11.5 Å². The van der Waals surface area contributed by atoms with E-state index in [2.05, 4.69) is 9.69 Å². The van der Waals surface area contributed by atoms with E-state index in [0.717, 1.165) is 22.8 Å². The number of carbonyl (C=O) groups is 3. The smallest absolute Gasteiger partial charge is 0.291 e. The quantitative estimate of drug-likeness (QED) is 0.683. The largest absolute Gasteiger partial charge is 0.330 e. The first-order chi connectivity index (χ1) is 11.0. The maximum Gasteiger partial charge on any atom is 0.291 e. The number of anilines is 1. The van der Waals surface area contributed by atoms with E-state index < -0.39 is 23.5 Å². The van der Waals surface area contributed by atoms with Crippen LogP contribution in [0.4, 0.5) is 5.00 Å². The molecule has 7 heteroatoms. The molecule has 1 unspecified atom stereocenters. The van der Waals surface area contributed by atoms with Gasteiger partial charge in [0.1, 0.15) is 10.9 Å². The topological polar surface area (TPSA) is 79.4 Å². The number of ketones is 1. The fourth-order valence-electron chi connectivity index (χ4n) is 2.46. The zero-order valence-electron chi connectivity index (χ0n) is 12.5. The third kappa shape index (κ3) is 3.29. The van der Waals surface area contributed by atoms with Gasteiger partial charge in [0, 0.05) is 13.1 Å². The SMILES string of the molecule is Cc1cc(NC(=O)C2CN(Cc3ccccc3)C(=O)C2=O)sn1. The number of aromatic nitrogens is 1. The first-order valence-electron chi connectivity index (χ1n) is 7.16. The maximum absolute atomic E-state index is 12.2. The number of benzene rings is 1. The van der Waals surface area contributed by atoms with Gasteiger partial charge < -0.3 is 10.2 Å². The van der Waals surface area contributed by atoms with Crippen molar-refractivity contribution in [3.8, 4) is 0 Å². The molecule has 3 rings (SSSR count). The summed E-state index contributed by atoms with van der Waals surface area (Å²) in [5.74, 6) is -2.68. The van der Waals surface area contributed by atoms with Crippen molar-refractivity contribution >= 4 is 34.1 Å². The molecule has 1 aliphatic heterocycles. The summed E-state index contributed by atoms with van der Waals surface area (Å²) in [6.07, 6.45) is 0. The number of aryl methyl sites for hydroxylation is 1. The molecule has 2 aromatic rings. The van der Waals surface area contributed by atoms with Crippen molar-refractivity contribution in [2.24, 2.45) is 5.92 Å². The van der Waals surface area contributed by atoms with Crippen molar-refractivity contribution in [2.45, 2.75) is 13.5 Å². The Morgan fingerprint density at radius 2 is 2.09 bits per heavy atom. The van der Waals surface area contributed by atoms with E-state index in [-0.39, 0.29) is 6.54 Å². The van der Waals surface area contributed by atoms with Crippen LogP contribution in [-0.4, -0.2) is 33.4 Å². The Bertz CT molecular complexity index is 757. The number of likely N-dealkylation sites (tertiary alicyclic amines) is 1. The third-order valence-corrected chi connectivity index (χ3v) is 4.42. The molecule has 1 aliphatic rings. The van der Waals surface area contributed by atoms with Crippen molar-refractivity contribution in [3.63, 3.8) is 0 Å². The molecule has 2 heterocycles. The van der Waals surface area contributed by atoms with Gasteiger partial charge in [-0.05, 0) is 30.1 Å². The van der Waals surface area contributed by atoms with Gasteiger partial charge in [-0.25, -0.2) is 0 Å². The lowest BCUT2D eigenvalue weighted by Crippen LogP contribution is -2.29. The number of Topliss-reactive ketones (excluding diaryl/α,β-unsaturated/α-hetero) is 1. The van der Waals surface area contributed by atoms with Crippen molar-refractivity contribution in [1.82, 2.24) is 9.27 Å². The lowest BCUT2D eigenvalue weighted by molar-refractivity contribution is -0.142. The van der Waals surface area contributed by atoms with E-state index in [4.69, 9.17) is 0 Å². The van der Waals surface area contributed by atoms with Crippen LogP contribution in [-0.2, 0) is 20.9 Å². The Morgan fingerprint density at radius 3 is 2.74 bits per heavy atom. The number of hydrogen-bond acceptors (Lipinski definition) is 5. The van der Waals surface area contributed by atoms with Gasteiger partial charge in [-0.15, -0.1) is 0 Å². The molecular weight excluding hydrogens is 314 g/mol. The number of rotatable bonds is 4. The summed E-state index contributed by atoms with van der Waals surface area (Å²) in [4.78, 5) is 37.8. The predicted molar refractivity (Wildman–Crippen MR) is 85.8 cm³/mol. The molecule has 1 aromatic heterocycles. The molecule has 0 bridgehead atoms. The van der Waals surface area contributed by atoms with E-state index in [1.807, 2.05) is 37.3 Å². The van der Waals surface area contributed by atoms with Crippen molar-refractivity contribution in [3.05, 3.63) is 47.7 Å². The Morgan fingerprint density at radius 1 is 1.35 bits per heavy atom.